The Balaban J connectivity index is 1.61. The Labute approximate surface area is 132 Å². The normalized spacial score (nSPS) is 14.6. The first-order valence-corrected chi connectivity index (χ1v) is 7.36. The second-order valence-electron chi connectivity index (χ2n) is 5.25. The maximum atomic E-state index is 13.6. The third kappa shape index (κ3) is 3.60. The van der Waals surface area contributed by atoms with Crippen molar-refractivity contribution in [2.75, 3.05) is 19.8 Å². The summed E-state index contributed by atoms with van der Waals surface area (Å²) in [6.45, 7) is 1.58. The average Bonchev–Trinajstić information content (AvgIpc) is 2.55. The number of aliphatic hydroxyl groups is 1. The molecule has 4 nitrogen and oxygen atoms in total. The highest BCUT2D eigenvalue weighted by Gasteiger charge is 2.17. The van der Waals surface area contributed by atoms with E-state index < -0.39 is 17.7 Å². The van der Waals surface area contributed by atoms with Gasteiger partial charge in [0.25, 0.3) is 0 Å². The zero-order valence-electron chi connectivity index (χ0n) is 12.4. The Morgan fingerprint density at radius 2 is 1.96 bits per heavy atom. The number of fused-ring (bicyclic) bond motifs is 1. The van der Waals surface area contributed by atoms with Gasteiger partial charge in [0.1, 0.15) is 24.8 Å². The van der Waals surface area contributed by atoms with Gasteiger partial charge in [-0.15, -0.1) is 0 Å². The third-order valence-electron chi connectivity index (χ3n) is 3.62. The fourth-order valence-electron chi connectivity index (χ4n) is 2.50. The molecule has 2 aromatic carbocycles. The van der Waals surface area contributed by atoms with Gasteiger partial charge in [-0.3, -0.25) is 0 Å². The molecule has 0 saturated heterocycles. The minimum Gasteiger partial charge on any atom is -0.486 e. The van der Waals surface area contributed by atoms with Crippen LogP contribution in [0.2, 0.25) is 0 Å². The number of rotatable bonds is 5. The van der Waals surface area contributed by atoms with Gasteiger partial charge in [0.2, 0.25) is 0 Å². The molecular weight excluding hydrogens is 304 g/mol. The maximum absolute atomic E-state index is 13.6. The van der Waals surface area contributed by atoms with Crippen molar-refractivity contribution in [2.45, 2.75) is 12.6 Å². The fraction of sp³-hybridized carbons (Fsp3) is 0.294. The predicted octanol–water partition coefficient (Wildman–Crippen LogP) is 2.56. The topological polar surface area (TPSA) is 50.7 Å². The molecule has 1 aliphatic heterocycles. The van der Waals surface area contributed by atoms with E-state index in [1.54, 1.807) is 0 Å². The number of ether oxygens (including phenoxy) is 2. The van der Waals surface area contributed by atoms with E-state index in [-0.39, 0.29) is 12.1 Å². The lowest BCUT2D eigenvalue weighted by Crippen LogP contribution is -2.23. The second-order valence-corrected chi connectivity index (χ2v) is 5.25. The lowest BCUT2D eigenvalue weighted by molar-refractivity contribution is 0.164. The van der Waals surface area contributed by atoms with Crippen LogP contribution in [0.1, 0.15) is 17.2 Å². The first-order valence-electron chi connectivity index (χ1n) is 7.36. The highest BCUT2D eigenvalue weighted by Crippen LogP contribution is 2.33. The first kappa shape index (κ1) is 15.7. The molecule has 6 heteroatoms. The van der Waals surface area contributed by atoms with E-state index in [1.807, 2.05) is 18.2 Å². The zero-order valence-corrected chi connectivity index (χ0v) is 12.4. The van der Waals surface area contributed by atoms with Gasteiger partial charge in [0.05, 0.1) is 6.10 Å². The lowest BCUT2D eigenvalue weighted by Gasteiger charge is -2.21. The van der Waals surface area contributed by atoms with Crippen LogP contribution in [-0.4, -0.2) is 24.9 Å². The zero-order chi connectivity index (χ0) is 16.2. The minimum absolute atomic E-state index is 0.0635. The van der Waals surface area contributed by atoms with E-state index in [2.05, 4.69) is 5.32 Å². The summed E-state index contributed by atoms with van der Waals surface area (Å²) in [6.07, 6.45) is -1.06. The first-order chi connectivity index (χ1) is 11.1. The van der Waals surface area contributed by atoms with Crippen molar-refractivity contribution < 1.29 is 23.4 Å². The quantitative estimate of drug-likeness (QED) is 0.889. The molecule has 2 N–H and O–H groups in total. The highest BCUT2D eigenvalue weighted by atomic mass is 19.1. The van der Waals surface area contributed by atoms with Crippen LogP contribution in [0.3, 0.4) is 0 Å². The van der Waals surface area contributed by atoms with Crippen molar-refractivity contribution in [1.29, 1.82) is 0 Å². The van der Waals surface area contributed by atoms with Gasteiger partial charge in [0.15, 0.2) is 11.5 Å². The van der Waals surface area contributed by atoms with E-state index in [4.69, 9.17) is 9.47 Å². The van der Waals surface area contributed by atoms with Crippen LogP contribution in [0.25, 0.3) is 0 Å². The number of nitrogens with one attached hydrogen (secondary N) is 1. The Kier molecular flexibility index (Phi) is 4.73. The number of aliphatic hydroxyl groups excluding tert-OH is 1. The van der Waals surface area contributed by atoms with E-state index >= 15 is 0 Å². The smallest absolute Gasteiger partial charge is 0.165 e. The summed E-state index contributed by atoms with van der Waals surface area (Å²) in [6, 6.07) is 8.72. The van der Waals surface area contributed by atoms with Crippen LogP contribution >= 0.6 is 0 Å². The Bertz CT molecular complexity index is 694. The molecule has 23 heavy (non-hydrogen) atoms. The van der Waals surface area contributed by atoms with Crippen LogP contribution < -0.4 is 14.8 Å². The number of benzene rings is 2. The van der Waals surface area contributed by atoms with Crippen molar-refractivity contribution in [2.24, 2.45) is 0 Å². The van der Waals surface area contributed by atoms with Crippen LogP contribution in [-0.2, 0) is 6.54 Å². The third-order valence-corrected chi connectivity index (χ3v) is 3.62. The largest absolute Gasteiger partial charge is 0.486 e. The van der Waals surface area contributed by atoms with Crippen molar-refractivity contribution in [3.8, 4) is 11.5 Å². The van der Waals surface area contributed by atoms with Gasteiger partial charge in [-0.2, -0.15) is 0 Å². The van der Waals surface area contributed by atoms with Crippen LogP contribution in [0.4, 0.5) is 8.78 Å². The fourth-order valence-corrected chi connectivity index (χ4v) is 2.50. The molecule has 0 radical (unpaired) electrons. The molecule has 0 aliphatic carbocycles. The Hall–Kier alpha value is -2.18. The number of hydrogen-bond donors (Lipinski definition) is 2. The van der Waals surface area contributed by atoms with Gasteiger partial charge < -0.3 is 19.9 Å². The van der Waals surface area contributed by atoms with Crippen molar-refractivity contribution in [3.63, 3.8) is 0 Å². The Morgan fingerprint density at radius 1 is 1.13 bits per heavy atom. The number of para-hydroxylation sites is 1. The molecule has 0 spiro atoms. The molecule has 1 atom stereocenters. The summed E-state index contributed by atoms with van der Waals surface area (Å²) in [5.41, 5.74) is 0.961. The molecule has 122 valence electrons. The van der Waals surface area contributed by atoms with Gasteiger partial charge in [0, 0.05) is 30.3 Å². The van der Waals surface area contributed by atoms with Gasteiger partial charge >= 0.3 is 0 Å². The van der Waals surface area contributed by atoms with Crippen molar-refractivity contribution >= 4 is 0 Å². The van der Waals surface area contributed by atoms with Gasteiger partial charge in [-0.25, -0.2) is 8.78 Å². The lowest BCUT2D eigenvalue weighted by atomic mass is 10.1. The minimum atomic E-state index is -1.06. The maximum Gasteiger partial charge on any atom is 0.165 e. The van der Waals surface area contributed by atoms with Crippen LogP contribution in [0, 0.1) is 11.6 Å². The summed E-state index contributed by atoms with van der Waals surface area (Å²) in [5.74, 6) is -0.0398. The predicted molar refractivity (Wildman–Crippen MR) is 80.5 cm³/mol. The average molecular weight is 321 g/mol. The Morgan fingerprint density at radius 3 is 2.78 bits per heavy atom. The molecule has 0 fully saturated rings. The monoisotopic (exact) mass is 321 g/mol. The molecule has 3 rings (SSSR count). The summed E-state index contributed by atoms with van der Waals surface area (Å²) in [5, 5.41) is 13.1. The van der Waals surface area contributed by atoms with E-state index in [0.29, 0.717) is 31.3 Å². The molecule has 0 bridgehead atoms. The van der Waals surface area contributed by atoms with Crippen LogP contribution in [0.15, 0.2) is 36.4 Å². The van der Waals surface area contributed by atoms with Crippen molar-refractivity contribution in [3.05, 3.63) is 59.2 Å². The summed E-state index contributed by atoms with van der Waals surface area (Å²) in [7, 11) is 0. The number of halogens is 2. The summed E-state index contributed by atoms with van der Waals surface area (Å²) < 4.78 is 37.6. The summed E-state index contributed by atoms with van der Waals surface area (Å²) >= 11 is 0. The number of hydrogen-bond acceptors (Lipinski definition) is 4. The van der Waals surface area contributed by atoms with Gasteiger partial charge in [-0.1, -0.05) is 18.2 Å². The van der Waals surface area contributed by atoms with E-state index in [9.17, 15) is 13.9 Å². The van der Waals surface area contributed by atoms with E-state index in [1.165, 1.54) is 6.07 Å². The molecule has 0 aromatic heterocycles. The molecule has 0 saturated carbocycles. The molecular formula is C17H17F2NO3. The van der Waals surface area contributed by atoms with E-state index in [0.717, 1.165) is 17.7 Å². The SMILES string of the molecule is O[C@H](CNCc1cccc2c1OCCO2)c1ccc(F)cc1F. The molecule has 0 amide bonds. The molecule has 2 aromatic rings. The molecule has 1 aliphatic rings. The molecule has 0 unspecified atom stereocenters. The van der Waals surface area contributed by atoms with Gasteiger partial charge in [-0.05, 0) is 12.1 Å². The standard InChI is InChI=1S/C17H17F2NO3/c18-12-4-5-13(14(19)8-12)15(21)10-20-9-11-2-1-3-16-17(11)23-7-6-22-16/h1-5,8,15,20-21H,6-7,9-10H2/t15-/m1/s1. The highest BCUT2D eigenvalue weighted by molar-refractivity contribution is 5.47. The molecule has 1 heterocycles. The van der Waals surface area contributed by atoms with Crippen molar-refractivity contribution in [1.82, 2.24) is 5.32 Å². The second kappa shape index (κ2) is 6.93. The summed E-state index contributed by atoms with van der Waals surface area (Å²) in [4.78, 5) is 0. The van der Waals surface area contributed by atoms with Crippen LogP contribution in [0.5, 0.6) is 11.5 Å².